The van der Waals surface area contributed by atoms with Gasteiger partial charge in [0.1, 0.15) is 0 Å². The molecule has 0 saturated carbocycles. The van der Waals surface area contributed by atoms with Crippen LogP contribution in [-0.2, 0) is 4.79 Å². The van der Waals surface area contributed by atoms with Gasteiger partial charge in [0.15, 0.2) is 0 Å². The van der Waals surface area contributed by atoms with E-state index in [1.807, 2.05) is 25.1 Å². The van der Waals surface area contributed by atoms with E-state index < -0.39 is 5.97 Å². The molecule has 1 aromatic rings. The van der Waals surface area contributed by atoms with Crippen LogP contribution in [-0.4, -0.2) is 24.2 Å². The van der Waals surface area contributed by atoms with Gasteiger partial charge in [-0.1, -0.05) is 18.2 Å². The van der Waals surface area contributed by atoms with Gasteiger partial charge >= 0.3 is 5.97 Å². The van der Waals surface area contributed by atoms with Gasteiger partial charge in [0.05, 0.1) is 0 Å². The number of carbonyl (C=O) groups is 1. The number of anilines is 1. The molecule has 0 fully saturated rings. The first-order valence-electron chi connectivity index (χ1n) is 5.34. The molecule has 16 heavy (non-hydrogen) atoms. The molecule has 0 radical (unpaired) electrons. The molecule has 0 spiro atoms. The summed E-state index contributed by atoms with van der Waals surface area (Å²) < 4.78 is 0. The Labute approximate surface area is 96.0 Å². The molecule has 0 aliphatic carbocycles. The molecule has 0 bridgehead atoms. The molecule has 0 amide bonds. The van der Waals surface area contributed by atoms with Crippen LogP contribution in [0.2, 0.25) is 0 Å². The SMILES string of the molecule is CCN(CC=CC(=O)O)c1cccc(C)c1. The van der Waals surface area contributed by atoms with Crippen LogP contribution in [0, 0.1) is 6.92 Å². The lowest BCUT2D eigenvalue weighted by atomic mass is 10.2. The second-order valence-corrected chi connectivity index (χ2v) is 3.62. The molecule has 3 heteroatoms. The number of hydrogen-bond donors (Lipinski definition) is 1. The third-order valence-electron chi connectivity index (χ3n) is 2.33. The zero-order chi connectivity index (χ0) is 12.0. The van der Waals surface area contributed by atoms with Crippen molar-refractivity contribution in [2.45, 2.75) is 13.8 Å². The molecule has 3 nitrogen and oxygen atoms in total. The average molecular weight is 219 g/mol. The van der Waals surface area contributed by atoms with Gasteiger partial charge in [0.2, 0.25) is 0 Å². The van der Waals surface area contributed by atoms with Crippen molar-refractivity contribution in [3.8, 4) is 0 Å². The number of hydrogen-bond acceptors (Lipinski definition) is 2. The summed E-state index contributed by atoms with van der Waals surface area (Å²) in [5.74, 6) is -0.903. The summed E-state index contributed by atoms with van der Waals surface area (Å²) in [5.41, 5.74) is 2.33. The standard InChI is InChI=1S/C13H17NO2/c1-3-14(9-5-8-13(15)16)12-7-4-6-11(2)10-12/h4-8,10H,3,9H2,1-2H3,(H,15,16). The third kappa shape index (κ3) is 3.77. The lowest BCUT2D eigenvalue weighted by molar-refractivity contribution is -0.131. The molecule has 0 heterocycles. The minimum atomic E-state index is -0.903. The molecule has 1 rings (SSSR count). The number of aryl methyl sites for hydroxylation is 1. The highest BCUT2D eigenvalue weighted by molar-refractivity contribution is 5.79. The van der Waals surface area contributed by atoms with Gasteiger partial charge in [0.25, 0.3) is 0 Å². The lowest BCUT2D eigenvalue weighted by Crippen LogP contribution is -2.22. The van der Waals surface area contributed by atoms with E-state index in [0.29, 0.717) is 6.54 Å². The summed E-state index contributed by atoms with van der Waals surface area (Å²) in [6.45, 7) is 5.57. The van der Waals surface area contributed by atoms with Gasteiger partial charge in [-0.25, -0.2) is 4.79 Å². The maximum atomic E-state index is 10.4. The fourth-order valence-electron chi connectivity index (χ4n) is 1.52. The van der Waals surface area contributed by atoms with E-state index in [-0.39, 0.29) is 0 Å². The lowest BCUT2D eigenvalue weighted by Gasteiger charge is -2.21. The van der Waals surface area contributed by atoms with Gasteiger partial charge in [-0.3, -0.25) is 0 Å². The number of aliphatic carboxylic acids is 1. The number of nitrogens with zero attached hydrogens (tertiary/aromatic N) is 1. The summed E-state index contributed by atoms with van der Waals surface area (Å²) >= 11 is 0. The predicted molar refractivity (Wildman–Crippen MR) is 65.8 cm³/mol. The van der Waals surface area contributed by atoms with Crippen molar-refractivity contribution in [1.82, 2.24) is 0 Å². The highest BCUT2D eigenvalue weighted by Gasteiger charge is 2.01. The van der Waals surface area contributed by atoms with E-state index in [9.17, 15) is 4.79 Å². The number of carboxylic acids is 1. The maximum absolute atomic E-state index is 10.4. The Morgan fingerprint density at radius 3 is 2.81 bits per heavy atom. The van der Waals surface area contributed by atoms with Gasteiger partial charge < -0.3 is 10.0 Å². The van der Waals surface area contributed by atoms with Crippen LogP contribution in [0.15, 0.2) is 36.4 Å². The molecule has 1 N–H and O–H groups in total. The van der Waals surface area contributed by atoms with Crippen molar-refractivity contribution in [3.63, 3.8) is 0 Å². The summed E-state index contributed by atoms with van der Waals surface area (Å²) in [7, 11) is 0. The van der Waals surface area contributed by atoms with Crippen molar-refractivity contribution in [1.29, 1.82) is 0 Å². The van der Waals surface area contributed by atoms with Gasteiger partial charge in [-0.2, -0.15) is 0 Å². The molecule has 0 aliphatic heterocycles. The first-order valence-corrected chi connectivity index (χ1v) is 5.34. The largest absolute Gasteiger partial charge is 0.478 e. The quantitative estimate of drug-likeness (QED) is 0.773. The minimum absolute atomic E-state index is 0.617. The Kier molecular flexibility index (Phi) is 4.58. The first kappa shape index (κ1) is 12.3. The van der Waals surface area contributed by atoms with Crippen LogP contribution in [0.3, 0.4) is 0 Å². The molecule has 1 aromatic carbocycles. The van der Waals surface area contributed by atoms with E-state index in [1.54, 1.807) is 6.08 Å². The van der Waals surface area contributed by atoms with Crippen LogP contribution in [0.25, 0.3) is 0 Å². The average Bonchev–Trinajstić information content (AvgIpc) is 2.24. The molecule has 0 aromatic heterocycles. The van der Waals surface area contributed by atoms with E-state index in [0.717, 1.165) is 12.2 Å². The van der Waals surface area contributed by atoms with Crippen LogP contribution >= 0.6 is 0 Å². The number of benzene rings is 1. The van der Waals surface area contributed by atoms with Crippen LogP contribution in [0.4, 0.5) is 5.69 Å². The van der Waals surface area contributed by atoms with Crippen molar-refractivity contribution < 1.29 is 9.90 Å². The zero-order valence-electron chi connectivity index (χ0n) is 9.68. The van der Waals surface area contributed by atoms with Crippen molar-refractivity contribution in [2.24, 2.45) is 0 Å². The number of carboxylic acid groups (broad SMARTS) is 1. The third-order valence-corrected chi connectivity index (χ3v) is 2.33. The summed E-state index contributed by atoms with van der Waals surface area (Å²) in [6, 6.07) is 8.18. The Morgan fingerprint density at radius 2 is 2.25 bits per heavy atom. The van der Waals surface area contributed by atoms with Crippen LogP contribution in [0.5, 0.6) is 0 Å². The topological polar surface area (TPSA) is 40.5 Å². The molecule has 0 atom stereocenters. The second kappa shape index (κ2) is 5.95. The molecule has 0 saturated heterocycles. The fourth-order valence-corrected chi connectivity index (χ4v) is 1.52. The van der Waals surface area contributed by atoms with Crippen LogP contribution < -0.4 is 4.90 Å². The molecular formula is C13H17NO2. The molecule has 0 aliphatic rings. The van der Waals surface area contributed by atoms with Crippen LogP contribution in [0.1, 0.15) is 12.5 Å². The Hall–Kier alpha value is -1.77. The molecule has 86 valence electrons. The molecule has 0 unspecified atom stereocenters. The second-order valence-electron chi connectivity index (χ2n) is 3.62. The summed E-state index contributed by atoms with van der Waals surface area (Å²) in [4.78, 5) is 12.5. The van der Waals surface area contributed by atoms with Crippen molar-refractivity contribution >= 4 is 11.7 Å². The maximum Gasteiger partial charge on any atom is 0.328 e. The minimum Gasteiger partial charge on any atom is -0.478 e. The van der Waals surface area contributed by atoms with E-state index >= 15 is 0 Å². The van der Waals surface area contributed by atoms with Gasteiger partial charge in [0, 0.05) is 24.9 Å². The number of likely N-dealkylation sites (N-methyl/N-ethyl adjacent to an activating group) is 1. The smallest absolute Gasteiger partial charge is 0.328 e. The highest BCUT2D eigenvalue weighted by Crippen LogP contribution is 2.15. The highest BCUT2D eigenvalue weighted by atomic mass is 16.4. The van der Waals surface area contributed by atoms with E-state index in [1.165, 1.54) is 11.6 Å². The van der Waals surface area contributed by atoms with E-state index in [4.69, 9.17) is 5.11 Å². The summed E-state index contributed by atoms with van der Waals surface area (Å²) in [5, 5.41) is 8.51. The predicted octanol–water partition coefficient (Wildman–Crippen LogP) is 2.46. The normalized spacial score (nSPS) is 10.6. The van der Waals surface area contributed by atoms with E-state index in [2.05, 4.69) is 17.9 Å². The zero-order valence-corrected chi connectivity index (χ0v) is 9.68. The monoisotopic (exact) mass is 219 g/mol. The number of rotatable bonds is 5. The molecular weight excluding hydrogens is 202 g/mol. The van der Waals surface area contributed by atoms with Crippen molar-refractivity contribution in [3.05, 3.63) is 42.0 Å². The Morgan fingerprint density at radius 1 is 1.50 bits per heavy atom. The fraction of sp³-hybridized carbons (Fsp3) is 0.308. The van der Waals surface area contributed by atoms with Gasteiger partial charge in [-0.15, -0.1) is 0 Å². The summed E-state index contributed by atoms with van der Waals surface area (Å²) in [6.07, 6.45) is 2.84. The Bertz CT molecular complexity index is 385. The first-order chi connectivity index (χ1) is 7.63. The Balaban J connectivity index is 2.71. The van der Waals surface area contributed by atoms with Crippen molar-refractivity contribution in [2.75, 3.05) is 18.0 Å². The van der Waals surface area contributed by atoms with Gasteiger partial charge in [-0.05, 0) is 31.5 Å².